The minimum Gasteiger partial charge on any atom is -0.387 e. The highest BCUT2D eigenvalue weighted by molar-refractivity contribution is 6.31. The summed E-state index contributed by atoms with van der Waals surface area (Å²) in [6, 6.07) is 14.8. The highest BCUT2D eigenvalue weighted by atomic mass is 35.5. The van der Waals surface area contributed by atoms with Gasteiger partial charge in [-0.2, -0.15) is 0 Å². The molecular weight excluding hydrogens is 396 g/mol. The number of carbonyl (C=O) groups excluding carboxylic acids is 1. The van der Waals surface area contributed by atoms with E-state index in [0.717, 1.165) is 42.6 Å². The van der Waals surface area contributed by atoms with Crippen LogP contribution >= 0.6 is 11.6 Å². The molecule has 0 spiro atoms. The normalized spacial score (nSPS) is 22.3. The van der Waals surface area contributed by atoms with Gasteiger partial charge in [0, 0.05) is 40.7 Å². The van der Waals surface area contributed by atoms with Crippen molar-refractivity contribution in [1.82, 2.24) is 4.90 Å². The van der Waals surface area contributed by atoms with Gasteiger partial charge >= 0.3 is 0 Å². The summed E-state index contributed by atoms with van der Waals surface area (Å²) in [4.78, 5) is 14.4. The lowest BCUT2D eigenvalue weighted by Crippen LogP contribution is -2.43. The van der Waals surface area contributed by atoms with Crippen LogP contribution < -0.4 is 5.32 Å². The van der Waals surface area contributed by atoms with E-state index in [2.05, 4.69) is 48.3 Å². The molecule has 30 heavy (non-hydrogen) atoms. The number of aliphatic hydroxyl groups is 1. The summed E-state index contributed by atoms with van der Waals surface area (Å²) in [5.74, 6) is 0.00827. The maximum Gasteiger partial charge on any atom is 0.225 e. The molecule has 5 heteroatoms. The first-order valence-corrected chi connectivity index (χ1v) is 11.3. The average molecular weight is 427 g/mol. The van der Waals surface area contributed by atoms with E-state index in [1.807, 2.05) is 12.1 Å². The Bertz CT molecular complexity index is 913. The molecule has 2 aromatic carbocycles. The fourth-order valence-corrected chi connectivity index (χ4v) is 5.23. The van der Waals surface area contributed by atoms with Crippen LogP contribution in [0.15, 0.2) is 42.5 Å². The summed E-state index contributed by atoms with van der Waals surface area (Å²) in [6.07, 6.45) is 4.32. The molecule has 0 bridgehead atoms. The van der Waals surface area contributed by atoms with Gasteiger partial charge in [0.25, 0.3) is 0 Å². The molecule has 1 saturated heterocycles. The number of nitrogens with one attached hydrogen (secondary N) is 1. The number of benzene rings is 2. The van der Waals surface area contributed by atoms with Gasteiger partial charge in [-0.25, -0.2) is 0 Å². The van der Waals surface area contributed by atoms with E-state index >= 15 is 0 Å². The summed E-state index contributed by atoms with van der Waals surface area (Å²) < 4.78 is 0. The first kappa shape index (κ1) is 21.4. The van der Waals surface area contributed by atoms with E-state index in [1.165, 1.54) is 12.0 Å². The summed E-state index contributed by atoms with van der Waals surface area (Å²) in [7, 11) is 0. The molecule has 2 heterocycles. The van der Waals surface area contributed by atoms with Gasteiger partial charge in [0.1, 0.15) is 0 Å². The van der Waals surface area contributed by atoms with Crippen molar-refractivity contribution in [3.05, 3.63) is 64.2 Å². The molecule has 0 radical (unpaired) electrons. The summed E-state index contributed by atoms with van der Waals surface area (Å²) in [5, 5.41) is 14.6. The molecule has 4 nitrogen and oxygen atoms in total. The number of halogens is 1. The zero-order valence-corrected chi connectivity index (χ0v) is 18.6. The molecule has 2 N–H and O–H groups in total. The van der Waals surface area contributed by atoms with E-state index in [1.54, 1.807) is 6.07 Å². The molecule has 0 saturated carbocycles. The molecular formula is C25H31ClN2O2. The Kier molecular flexibility index (Phi) is 6.19. The Labute approximate surface area is 184 Å². The molecule has 1 fully saturated rings. The van der Waals surface area contributed by atoms with Crippen molar-refractivity contribution in [2.24, 2.45) is 0 Å². The number of amides is 1. The van der Waals surface area contributed by atoms with Gasteiger partial charge in [0.2, 0.25) is 5.91 Å². The number of rotatable bonds is 5. The highest BCUT2D eigenvalue weighted by Crippen LogP contribution is 2.41. The molecule has 0 aliphatic carbocycles. The Morgan fingerprint density at radius 2 is 2.00 bits per heavy atom. The topological polar surface area (TPSA) is 52.6 Å². The van der Waals surface area contributed by atoms with Crippen LogP contribution in [0.5, 0.6) is 0 Å². The lowest BCUT2D eigenvalue weighted by Gasteiger charge is -2.38. The number of hydrogen-bond donors (Lipinski definition) is 2. The average Bonchev–Trinajstić information content (AvgIpc) is 2.69. The fraction of sp³-hybridized carbons (Fsp3) is 0.480. The van der Waals surface area contributed by atoms with E-state index in [9.17, 15) is 9.90 Å². The van der Waals surface area contributed by atoms with Gasteiger partial charge in [-0.1, -0.05) is 62.2 Å². The number of carbonyl (C=O) groups is 1. The minimum absolute atomic E-state index is 0.00827. The molecule has 160 valence electrons. The van der Waals surface area contributed by atoms with Gasteiger partial charge in [0.05, 0.1) is 6.10 Å². The largest absolute Gasteiger partial charge is 0.387 e. The van der Waals surface area contributed by atoms with Crippen molar-refractivity contribution in [2.75, 3.05) is 18.4 Å². The molecule has 1 unspecified atom stereocenters. The second-order valence-electron chi connectivity index (χ2n) is 9.38. The second kappa shape index (κ2) is 8.70. The smallest absolute Gasteiger partial charge is 0.225 e. The van der Waals surface area contributed by atoms with Crippen molar-refractivity contribution in [3.63, 3.8) is 0 Å². The number of anilines is 1. The zero-order valence-electron chi connectivity index (χ0n) is 17.8. The van der Waals surface area contributed by atoms with Gasteiger partial charge in [-0.05, 0) is 49.1 Å². The van der Waals surface area contributed by atoms with Crippen molar-refractivity contribution < 1.29 is 9.90 Å². The van der Waals surface area contributed by atoms with Crippen molar-refractivity contribution in [1.29, 1.82) is 0 Å². The van der Waals surface area contributed by atoms with Crippen LogP contribution in [0.1, 0.15) is 62.3 Å². The first-order valence-electron chi connectivity index (χ1n) is 10.9. The predicted octanol–water partition coefficient (Wildman–Crippen LogP) is 5.09. The molecule has 2 aromatic rings. The summed E-state index contributed by atoms with van der Waals surface area (Å²) in [5.41, 5.74) is 3.62. The number of likely N-dealkylation sites (tertiary alicyclic amines) is 1. The van der Waals surface area contributed by atoms with Crippen LogP contribution in [0.4, 0.5) is 5.69 Å². The Morgan fingerprint density at radius 3 is 2.77 bits per heavy atom. The SMILES string of the molecule is CC1(C)CC(=O)Nc2cc(Cl)c(C(O)CN3CCCC[C@@H]3Cc3ccccc3)cc21. The van der Waals surface area contributed by atoms with Gasteiger partial charge in [-0.3, -0.25) is 9.69 Å². The highest BCUT2D eigenvalue weighted by Gasteiger charge is 2.34. The number of piperidine rings is 1. The number of fused-ring (bicyclic) bond motifs is 1. The Balaban J connectivity index is 1.54. The van der Waals surface area contributed by atoms with Crippen LogP contribution in [0.3, 0.4) is 0 Å². The van der Waals surface area contributed by atoms with E-state index < -0.39 is 6.10 Å². The molecule has 1 amide bonds. The summed E-state index contributed by atoms with van der Waals surface area (Å²) in [6.45, 7) is 5.70. The van der Waals surface area contributed by atoms with Crippen molar-refractivity contribution in [2.45, 2.75) is 63.5 Å². The zero-order chi connectivity index (χ0) is 21.3. The number of β-amino-alcohol motifs (C(OH)–C–C–N with tert-alkyl or cyclic N) is 1. The van der Waals surface area contributed by atoms with Crippen molar-refractivity contribution in [3.8, 4) is 0 Å². The Hall–Kier alpha value is -1.88. The molecule has 2 atom stereocenters. The van der Waals surface area contributed by atoms with E-state index in [4.69, 9.17) is 11.6 Å². The first-order chi connectivity index (χ1) is 14.3. The van der Waals surface area contributed by atoms with Crippen LogP contribution in [0, 0.1) is 0 Å². The van der Waals surface area contributed by atoms with E-state index in [0.29, 0.717) is 24.0 Å². The lowest BCUT2D eigenvalue weighted by molar-refractivity contribution is -0.117. The lowest BCUT2D eigenvalue weighted by atomic mass is 9.77. The monoisotopic (exact) mass is 426 g/mol. The number of hydrogen-bond acceptors (Lipinski definition) is 3. The predicted molar refractivity (Wildman–Crippen MR) is 122 cm³/mol. The maximum absolute atomic E-state index is 12.0. The Morgan fingerprint density at radius 1 is 1.23 bits per heavy atom. The third kappa shape index (κ3) is 4.56. The third-order valence-electron chi connectivity index (χ3n) is 6.57. The van der Waals surface area contributed by atoms with Gasteiger partial charge < -0.3 is 10.4 Å². The molecule has 2 aliphatic heterocycles. The molecule has 0 aromatic heterocycles. The van der Waals surface area contributed by atoms with E-state index in [-0.39, 0.29) is 11.3 Å². The second-order valence-corrected chi connectivity index (χ2v) is 9.79. The number of nitrogens with zero attached hydrogens (tertiary/aromatic N) is 1. The van der Waals surface area contributed by atoms with Crippen LogP contribution in [0.25, 0.3) is 0 Å². The van der Waals surface area contributed by atoms with Crippen LogP contribution in [0.2, 0.25) is 5.02 Å². The molecule has 4 rings (SSSR count). The number of aliphatic hydroxyl groups excluding tert-OH is 1. The summed E-state index contributed by atoms with van der Waals surface area (Å²) >= 11 is 6.55. The fourth-order valence-electron chi connectivity index (χ4n) is 4.94. The minimum atomic E-state index is -0.660. The maximum atomic E-state index is 12.0. The quantitative estimate of drug-likeness (QED) is 0.700. The van der Waals surface area contributed by atoms with Gasteiger partial charge in [-0.15, -0.1) is 0 Å². The van der Waals surface area contributed by atoms with Crippen molar-refractivity contribution >= 4 is 23.2 Å². The van der Waals surface area contributed by atoms with Crippen LogP contribution in [-0.4, -0.2) is 35.0 Å². The molecule has 2 aliphatic rings. The standard InChI is InChI=1S/C25H31ClN2O2/c1-25(2)15-24(30)27-22-14-21(26)19(13-20(22)25)23(29)16-28-11-7-6-10-18(28)12-17-8-4-3-5-9-17/h3-5,8-9,13-14,18,23,29H,6-7,10-12,15-16H2,1-2H3,(H,27,30)/t18-,23?/m1/s1. The third-order valence-corrected chi connectivity index (χ3v) is 6.90. The van der Waals surface area contributed by atoms with Crippen LogP contribution in [-0.2, 0) is 16.6 Å². The van der Waals surface area contributed by atoms with Gasteiger partial charge in [0.15, 0.2) is 0 Å².